The van der Waals surface area contributed by atoms with Crippen molar-refractivity contribution in [2.45, 2.75) is 36.0 Å². The Kier molecular flexibility index (Phi) is 6.99. The summed E-state index contributed by atoms with van der Waals surface area (Å²) in [5.41, 5.74) is 8.45. The van der Waals surface area contributed by atoms with Crippen LogP contribution in [0.4, 0.5) is 5.82 Å². The van der Waals surface area contributed by atoms with Crippen molar-refractivity contribution >= 4 is 35.0 Å². The van der Waals surface area contributed by atoms with Gasteiger partial charge in [-0.25, -0.2) is 4.98 Å². The van der Waals surface area contributed by atoms with Gasteiger partial charge in [-0.05, 0) is 36.1 Å². The number of carbonyl (C=O) groups is 1. The molecule has 164 valence electrons. The predicted molar refractivity (Wildman–Crippen MR) is 131 cm³/mol. The second kappa shape index (κ2) is 10.1. The summed E-state index contributed by atoms with van der Waals surface area (Å²) in [4.78, 5) is 17.9. The fraction of sp³-hybridized carbons (Fsp3) is 0.231. The molecule has 4 rings (SSSR count). The summed E-state index contributed by atoms with van der Waals surface area (Å²) < 4.78 is 0. The van der Waals surface area contributed by atoms with Gasteiger partial charge in [0.05, 0.1) is 10.8 Å². The normalized spacial score (nSPS) is 14.4. The van der Waals surface area contributed by atoms with Crippen LogP contribution in [-0.4, -0.2) is 10.8 Å². The first-order valence-electron chi connectivity index (χ1n) is 10.7. The van der Waals surface area contributed by atoms with Crippen LogP contribution < -0.4 is 5.73 Å². The second-order valence-electron chi connectivity index (χ2n) is 7.95. The minimum absolute atomic E-state index is 0.000272. The number of nitriles is 2. The molecule has 1 atom stereocenters. The predicted octanol–water partition coefficient (Wildman–Crippen LogP) is 6.32. The molecular formula is C26H21ClN4OS. The van der Waals surface area contributed by atoms with Crippen LogP contribution in [0.25, 0.3) is 11.1 Å². The van der Waals surface area contributed by atoms with Gasteiger partial charge in [-0.3, -0.25) is 4.79 Å². The number of anilines is 1. The maximum Gasteiger partial charge on any atom is 0.153 e. The summed E-state index contributed by atoms with van der Waals surface area (Å²) in [6.07, 6.45) is 3.86. The molecule has 2 N–H and O–H groups in total. The lowest BCUT2D eigenvalue weighted by Crippen LogP contribution is -2.18. The molecule has 2 aromatic carbocycles. The Labute approximate surface area is 202 Å². The Morgan fingerprint density at radius 1 is 1.03 bits per heavy atom. The van der Waals surface area contributed by atoms with Crippen molar-refractivity contribution in [3.8, 4) is 23.3 Å². The summed E-state index contributed by atoms with van der Waals surface area (Å²) in [6.45, 7) is 0. The molecule has 0 saturated heterocycles. The van der Waals surface area contributed by atoms with E-state index in [1.165, 1.54) is 11.8 Å². The first kappa shape index (κ1) is 22.9. The lowest BCUT2D eigenvalue weighted by molar-refractivity contribution is -0.122. The van der Waals surface area contributed by atoms with Gasteiger partial charge in [0.2, 0.25) is 0 Å². The van der Waals surface area contributed by atoms with Crippen LogP contribution in [0.2, 0.25) is 5.02 Å². The molecule has 1 fully saturated rings. The van der Waals surface area contributed by atoms with E-state index in [0.717, 1.165) is 31.2 Å². The first-order chi connectivity index (χ1) is 16.0. The van der Waals surface area contributed by atoms with Crippen LogP contribution in [0.1, 0.15) is 47.6 Å². The minimum Gasteiger partial charge on any atom is -0.383 e. The van der Waals surface area contributed by atoms with Crippen molar-refractivity contribution in [1.82, 2.24) is 4.98 Å². The van der Waals surface area contributed by atoms with Crippen LogP contribution in [-0.2, 0) is 4.79 Å². The molecule has 3 aromatic rings. The fourth-order valence-corrected chi connectivity index (χ4v) is 5.61. The Morgan fingerprint density at radius 2 is 1.67 bits per heavy atom. The lowest BCUT2D eigenvalue weighted by atomic mass is 9.96. The maximum absolute atomic E-state index is 13.5. The number of pyridine rings is 1. The number of thioether (sulfide) groups is 1. The highest BCUT2D eigenvalue weighted by molar-refractivity contribution is 8.00. The number of rotatable bonds is 6. The standard InChI is InChI=1S/C26H21ClN4OS/c27-19-12-10-16(11-13-19)22-20(14-28)25(30)31-26(21(22)15-29)33-24(18-8-2-1-3-9-18)23(32)17-6-4-5-7-17/h1-3,8-13,17,24H,4-7H2,(H2,30,31). The van der Waals surface area contributed by atoms with E-state index in [1.54, 1.807) is 24.3 Å². The third-order valence-corrected chi connectivity index (χ3v) is 7.41. The van der Waals surface area contributed by atoms with Crippen molar-refractivity contribution in [2.24, 2.45) is 5.92 Å². The molecule has 1 aliphatic carbocycles. The molecule has 7 heteroatoms. The van der Waals surface area contributed by atoms with Crippen molar-refractivity contribution in [2.75, 3.05) is 5.73 Å². The topological polar surface area (TPSA) is 104 Å². The van der Waals surface area contributed by atoms with Crippen molar-refractivity contribution in [3.05, 3.63) is 76.3 Å². The zero-order valence-electron chi connectivity index (χ0n) is 17.8. The molecule has 0 radical (unpaired) electrons. The zero-order chi connectivity index (χ0) is 23.4. The number of nitrogens with two attached hydrogens (primary N) is 1. The molecule has 0 amide bonds. The first-order valence-corrected chi connectivity index (χ1v) is 11.9. The van der Waals surface area contributed by atoms with Crippen LogP contribution in [0.15, 0.2) is 59.6 Å². The fourth-order valence-electron chi connectivity index (χ4n) is 4.24. The van der Waals surface area contributed by atoms with E-state index in [0.29, 0.717) is 21.2 Å². The number of benzene rings is 2. The second-order valence-corrected chi connectivity index (χ2v) is 9.48. The maximum atomic E-state index is 13.5. The molecule has 5 nitrogen and oxygen atoms in total. The van der Waals surface area contributed by atoms with Crippen molar-refractivity contribution in [1.29, 1.82) is 10.5 Å². The van der Waals surface area contributed by atoms with Gasteiger partial charge in [0.15, 0.2) is 5.78 Å². The van der Waals surface area contributed by atoms with Gasteiger partial charge in [0.1, 0.15) is 28.5 Å². The number of Topliss-reactive ketones (excluding diaryl/α,β-unsaturated/α-hetero) is 1. The summed E-state index contributed by atoms with van der Waals surface area (Å²) in [5.74, 6) is 0.175. The Hall–Kier alpha value is -3.32. The quantitative estimate of drug-likeness (QED) is 0.421. The number of nitrogen functional groups attached to an aromatic ring is 1. The Balaban J connectivity index is 1.85. The molecule has 1 aliphatic rings. The Bertz CT molecular complexity index is 1260. The largest absolute Gasteiger partial charge is 0.383 e. The molecule has 1 aromatic heterocycles. The summed E-state index contributed by atoms with van der Waals surface area (Å²) in [6, 6.07) is 20.7. The average Bonchev–Trinajstić information content (AvgIpc) is 3.38. The van der Waals surface area contributed by atoms with Gasteiger partial charge < -0.3 is 5.73 Å². The van der Waals surface area contributed by atoms with Crippen molar-refractivity contribution in [3.63, 3.8) is 0 Å². The smallest absolute Gasteiger partial charge is 0.153 e. The number of nitrogens with zero attached hydrogens (tertiary/aromatic N) is 3. The van der Waals surface area contributed by atoms with E-state index >= 15 is 0 Å². The molecule has 0 bridgehead atoms. The third-order valence-electron chi connectivity index (χ3n) is 5.90. The summed E-state index contributed by atoms with van der Waals surface area (Å²) in [5, 5.41) is 20.2. The molecule has 33 heavy (non-hydrogen) atoms. The molecule has 1 saturated carbocycles. The van der Waals surface area contributed by atoms with Gasteiger partial charge in [-0.1, -0.05) is 78.7 Å². The van der Waals surface area contributed by atoms with E-state index in [2.05, 4.69) is 17.1 Å². The number of carbonyl (C=O) groups excluding carboxylic acids is 1. The highest BCUT2D eigenvalue weighted by Crippen LogP contribution is 2.44. The molecule has 1 unspecified atom stereocenters. The molecular weight excluding hydrogens is 452 g/mol. The Morgan fingerprint density at radius 3 is 2.27 bits per heavy atom. The van der Waals surface area contributed by atoms with Gasteiger partial charge in [-0.2, -0.15) is 10.5 Å². The number of aromatic nitrogens is 1. The molecule has 1 heterocycles. The van der Waals surface area contributed by atoms with Crippen LogP contribution in [0.3, 0.4) is 0 Å². The minimum atomic E-state index is -0.515. The monoisotopic (exact) mass is 472 g/mol. The van der Waals surface area contributed by atoms with E-state index in [9.17, 15) is 15.3 Å². The van der Waals surface area contributed by atoms with Crippen LogP contribution >= 0.6 is 23.4 Å². The SMILES string of the molecule is N#Cc1c(N)nc(SC(C(=O)C2CCCC2)c2ccccc2)c(C#N)c1-c1ccc(Cl)cc1. The molecule has 0 spiro atoms. The molecule has 0 aliphatic heterocycles. The average molecular weight is 473 g/mol. The van der Waals surface area contributed by atoms with E-state index in [1.807, 2.05) is 30.3 Å². The van der Waals surface area contributed by atoms with E-state index < -0.39 is 5.25 Å². The van der Waals surface area contributed by atoms with Crippen LogP contribution in [0, 0.1) is 28.6 Å². The van der Waals surface area contributed by atoms with Gasteiger partial charge >= 0.3 is 0 Å². The number of halogens is 1. The third kappa shape index (κ3) is 4.73. The van der Waals surface area contributed by atoms with E-state index in [-0.39, 0.29) is 28.6 Å². The zero-order valence-corrected chi connectivity index (χ0v) is 19.4. The van der Waals surface area contributed by atoms with Gasteiger partial charge in [0.25, 0.3) is 0 Å². The highest BCUT2D eigenvalue weighted by Gasteiger charge is 2.33. The lowest BCUT2D eigenvalue weighted by Gasteiger charge is -2.21. The number of hydrogen-bond donors (Lipinski definition) is 1. The van der Waals surface area contributed by atoms with Crippen LogP contribution in [0.5, 0.6) is 0 Å². The number of ketones is 1. The summed E-state index contributed by atoms with van der Waals surface area (Å²) in [7, 11) is 0. The van der Waals surface area contributed by atoms with Gasteiger partial charge in [-0.15, -0.1) is 0 Å². The summed E-state index contributed by atoms with van der Waals surface area (Å²) >= 11 is 7.27. The van der Waals surface area contributed by atoms with Crippen molar-refractivity contribution < 1.29 is 4.79 Å². The van der Waals surface area contributed by atoms with E-state index in [4.69, 9.17) is 17.3 Å². The highest BCUT2D eigenvalue weighted by atomic mass is 35.5. The number of hydrogen-bond acceptors (Lipinski definition) is 6. The van der Waals surface area contributed by atoms with Gasteiger partial charge in [0, 0.05) is 16.5 Å².